The summed E-state index contributed by atoms with van der Waals surface area (Å²) in [5.41, 5.74) is 1.30. The maximum atomic E-state index is 10.4. The highest BCUT2D eigenvalue weighted by Crippen LogP contribution is 2.26. The van der Waals surface area contributed by atoms with E-state index in [1.165, 1.54) is 0 Å². The van der Waals surface area contributed by atoms with Gasteiger partial charge in [0.05, 0.1) is 6.61 Å². The monoisotopic (exact) mass is 253 g/mol. The first-order valence-corrected chi connectivity index (χ1v) is 6.05. The lowest BCUT2D eigenvalue weighted by Crippen LogP contribution is -1.97. The largest absolute Gasteiger partial charge is 0.494 e. The van der Waals surface area contributed by atoms with Crippen molar-refractivity contribution in [3.63, 3.8) is 0 Å². The van der Waals surface area contributed by atoms with Gasteiger partial charge in [0.2, 0.25) is 0 Å². The summed E-state index contributed by atoms with van der Waals surface area (Å²) < 4.78 is 10.7. The van der Waals surface area contributed by atoms with Crippen molar-refractivity contribution >= 4 is 28.8 Å². The molecule has 2 rings (SSSR count). The van der Waals surface area contributed by atoms with Crippen LogP contribution in [0.1, 0.15) is 6.92 Å². The molecule has 0 saturated heterocycles. The van der Waals surface area contributed by atoms with E-state index in [0.29, 0.717) is 28.7 Å². The third-order valence-electron chi connectivity index (χ3n) is 1.97. The quantitative estimate of drug-likeness (QED) is 0.825. The van der Waals surface area contributed by atoms with Crippen LogP contribution in [0.5, 0.6) is 5.75 Å². The van der Waals surface area contributed by atoms with E-state index in [0.717, 1.165) is 11.8 Å². The summed E-state index contributed by atoms with van der Waals surface area (Å²) in [7, 11) is 0. The Kier molecular flexibility index (Phi) is 3.53. The number of benzene rings is 1. The number of hydrogen-bond acceptors (Lipinski definition) is 5. The lowest BCUT2D eigenvalue weighted by molar-refractivity contribution is -0.133. The molecule has 0 aliphatic carbocycles. The number of oxazole rings is 1. The number of fused-ring (bicyclic) bond motifs is 1. The zero-order valence-electron chi connectivity index (χ0n) is 9.17. The molecule has 0 amide bonds. The molecule has 17 heavy (non-hydrogen) atoms. The standard InChI is InChI=1S/C11H11NO4S/c1-2-15-7-3-4-8-9(5-7)16-11(12-8)17-6-10(13)14/h3-5H,2,6H2,1H3,(H,13,14). The first-order chi connectivity index (χ1) is 8.19. The fourth-order valence-corrected chi connectivity index (χ4v) is 1.88. The minimum Gasteiger partial charge on any atom is -0.494 e. The van der Waals surface area contributed by atoms with Gasteiger partial charge in [0.15, 0.2) is 5.58 Å². The van der Waals surface area contributed by atoms with Gasteiger partial charge < -0.3 is 14.3 Å². The smallest absolute Gasteiger partial charge is 0.314 e. The molecule has 0 saturated carbocycles. The minimum atomic E-state index is -0.896. The average molecular weight is 253 g/mol. The number of hydrogen-bond donors (Lipinski definition) is 1. The van der Waals surface area contributed by atoms with Gasteiger partial charge in [-0.3, -0.25) is 4.79 Å². The predicted octanol–water partition coefficient (Wildman–Crippen LogP) is 2.40. The number of aromatic nitrogens is 1. The van der Waals surface area contributed by atoms with E-state index in [4.69, 9.17) is 14.3 Å². The van der Waals surface area contributed by atoms with Gasteiger partial charge in [-0.2, -0.15) is 0 Å². The molecule has 0 atom stereocenters. The van der Waals surface area contributed by atoms with Crippen molar-refractivity contribution in [3.8, 4) is 5.75 Å². The highest BCUT2D eigenvalue weighted by molar-refractivity contribution is 7.99. The van der Waals surface area contributed by atoms with Crippen LogP contribution in [0, 0.1) is 0 Å². The Morgan fingerprint density at radius 3 is 3.12 bits per heavy atom. The van der Waals surface area contributed by atoms with E-state index in [2.05, 4.69) is 4.98 Å². The summed E-state index contributed by atoms with van der Waals surface area (Å²) in [6, 6.07) is 5.34. The zero-order valence-corrected chi connectivity index (χ0v) is 9.99. The van der Waals surface area contributed by atoms with Crippen molar-refractivity contribution in [2.45, 2.75) is 12.1 Å². The van der Waals surface area contributed by atoms with Crippen LogP contribution < -0.4 is 4.74 Å². The topological polar surface area (TPSA) is 72.6 Å². The molecular formula is C11H11NO4S. The normalized spacial score (nSPS) is 10.6. The number of thioether (sulfide) groups is 1. The molecule has 0 fully saturated rings. The number of rotatable bonds is 5. The molecule has 0 aliphatic heterocycles. The molecule has 90 valence electrons. The first-order valence-electron chi connectivity index (χ1n) is 5.07. The number of nitrogens with zero attached hydrogens (tertiary/aromatic N) is 1. The summed E-state index contributed by atoms with van der Waals surface area (Å²) >= 11 is 1.06. The van der Waals surface area contributed by atoms with Gasteiger partial charge in [0, 0.05) is 6.07 Å². The fourth-order valence-electron chi connectivity index (χ4n) is 1.33. The second-order valence-corrected chi connectivity index (χ2v) is 4.15. The van der Waals surface area contributed by atoms with Crippen LogP contribution in [-0.2, 0) is 4.79 Å². The van der Waals surface area contributed by atoms with Crippen molar-refractivity contribution in [2.75, 3.05) is 12.4 Å². The SMILES string of the molecule is CCOc1ccc2nc(SCC(=O)O)oc2c1. The zero-order chi connectivity index (χ0) is 12.3. The number of carbonyl (C=O) groups is 1. The number of carboxylic acids is 1. The first kappa shape index (κ1) is 11.8. The van der Waals surface area contributed by atoms with Crippen molar-refractivity contribution in [1.82, 2.24) is 4.98 Å². The van der Waals surface area contributed by atoms with Gasteiger partial charge >= 0.3 is 5.97 Å². The number of ether oxygens (including phenoxy) is 1. The molecule has 1 heterocycles. The van der Waals surface area contributed by atoms with Gasteiger partial charge in [0.25, 0.3) is 5.22 Å². The Balaban J connectivity index is 2.21. The Morgan fingerprint density at radius 1 is 1.59 bits per heavy atom. The van der Waals surface area contributed by atoms with Gasteiger partial charge in [-0.25, -0.2) is 4.98 Å². The predicted molar refractivity (Wildman–Crippen MR) is 63.5 cm³/mol. The average Bonchev–Trinajstić information content (AvgIpc) is 2.69. The molecule has 1 N–H and O–H groups in total. The fraction of sp³-hybridized carbons (Fsp3) is 0.273. The Bertz CT molecular complexity index is 537. The molecule has 0 radical (unpaired) electrons. The van der Waals surface area contributed by atoms with E-state index in [1.807, 2.05) is 6.92 Å². The summed E-state index contributed by atoms with van der Waals surface area (Å²) in [5.74, 6) is -0.247. The van der Waals surface area contributed by atoms with Crippen LogP contribution in [-0.4, -0.2) is 28.4 Å². The van der Waals surface area contributed by atoms with Crippen molar-refractivity contribution < 1.29 is 19.1 Å². The number of aliphatic carboxylic acids is 1. The Labute approximate surface area is 102 Å². The Hall–Kier alpha value is -1.69. The lowest BCUT2D eigenvalue weighted by Gasteiger charge is -2.00. The third-order valence-corrected chi connectivity index (χ3v) is 2.78. The van der Waals surface area contributed by atoms with Gasteiger partial charge in [-0.15, -0.1) is 0 Å². The van der Waals surface area contributed by atoms with E-state index in [9.17, 15) is 4.79 Å². The molecule has 0 spiro atoms. The van der Waals surface area contributed by atoms with E-state index in [1.54, 1.807) is 18.2 Å². The maximum absolute atomic E-state index is 10.4. The summed E-state index contributed by atoms with van der Waals surface area (Å²) in [5, 5.41) is 8.91. The van der Waals surface area contributed by atoms with Crippen LogP contribution in [0.2, 0.25) is 0 Å². The lowest BCUT2D eigenvalue weighted by atomic mass is 10.3. The molecule has 2 aromatic rings. The van der Waals surface area contributed by atoms with Gasteiger partial charge in [-0.1, -0.05) is 11.8 Å². The summed E-state index contributed by atoms with van der Waals surface area (Å²) in [4.78, 5) is 14.6. The second kappa shape index (κ2) is 5.09. The van der Waals surface area contributed by atoms with Crippen LogP contribution >= 0.6 is 11.8 Å². The number of carboxylic acid groups (broad SMARTS) is 1. The summed E-state index contributed by atoms with van der Waals surface area (Å²) in [6.07, 6.45) is 0. The van der Waals surface area contributed by atoms with E-state index in [-0.39, 0.29) is 5.75 Å². The molecule has 0 unspecified atom stereocenters. The molecule has 1 aromatic carbocycles. The van der Waals surface area contributed by atoms with E-state index < -0.39 is 5.97 Å². The molecule has 5 nitrogen and oxygen atoms in total. The highest BCUT2D eigenvalue weighted by Gasteiger charge is 2.09. The van der Waals surface area contributed by atoms with Crippen molar-refractivity contribution in [3.05, 3.63) is 18.2 Å². The summed E-state index contributed by atoms with van der Waals surface area (Å²) in [6.45, 7) is 2.49. The van der Waals surface area contributed by atoms with E-state index >= 15 is 0 Å². The second-order valence-electron chi connectivity index (χ2n) is 3.22. The van der Waals surface area contributed by atoms with Crippen LogP contribution in [0.4, 0.5) is 0 Å². The molecule has 1 aromatic heterocycles. The van der Waals surface area contributed by atoms with Crippen molar-refractivity contribution in [2.24, 2.45) is 0 Å². The van der Waals surface area contributed by atoms with Crippen LogP contribution in [0.3, 0.4) is 0 Å². The Morgan fingerprint density at radius 2 is 2.41 bits per heavy atom. The van der Waals surface area contributed by atoms with Gasteiger partial charge in [0.1, 0.15) is 17.0 Å². The minimum absolute atomic E-state index is 0.0643. The molecular weight excluding hydrogens is 242 g/mol. The molecule has 0 bridgehead atoms. The maximum Gasteiger partial charge on any atom is 0.314 e. The third kappa shape index (κ3) is 2.91. The highest BCUT2D eigenvalue weighted by atomic mass is 32.2. The van der Waals surface area contributed by atoms with Gasteiger partial charge in [-0.05, 0) is 19.1 Å². The molecule has 0 aliphatic rings. The van der Waals surface area contributed by atoms with Crippen molar-refractivity contribution in [1.29, 1.82) is 0 Å². The van der Waals surface area contributed by atoms with Crippen LogP contribution in [0.15, 0.2) is 27.8 Å². The molecule has 6 heteroatoms. The van der Waals surface area contributed by atoms with Crippen LogP contribution in [0.25, 0.3) is 11.1 Å².